The molecule has 0 N–H and O–H groups in total. The van der Waals surface area contributed by atoms with Crippen molar-refractivity contribution in [3.05, 3.63) is 0 Å². The maximum atomic E-state index is 2.36. The van der Waals surface area contributed by atoms with Crippen molar-refractivity contribution in [3.8, 4) is 0 Å². The molecule has 2 atom stereocenters. The van der Waals surface area contributed by atoms with Gasteiger partial charge in [0.15, 0.2) is 0 Å². The van der Waals surface area contributed by atoms with Crippen molar-refractivity contribution in [1.82, 2.24) is 0 Å². The molecule has 0 amide bonds. The van der Waals surface area contributed by atoms with Gasteiger partial charge < -0.3 is 0 Å². The molecule has 0 aliphatic heterocycles. The summed E-state index contributed by atoms with van der Waals surface area (Å²) in [6.07, 6.45) is 19.7. The fourth-order valence-electron chi connectivity index (χ4n) is 4.87. The number of hydrogen-bond donors (Lipinski definition) is 0. The molecule has 2 fully saturated rings. The van der Waals surface area contributed by atoms with Crippen molar-refractivity contribution in [2.45, 2.75) is 97.3 Å². The quantitative estimate of drug-likeness (QED) is 0.507. The summed E-state index contributed by atoms with van der Waals surface area (Å²) in [7, 11) is 0. The summed E-state index contributed by atoms with van der Waals surface area (Å²) in [5.41, 5.74) is 0. The average Bonchev–Trinajstić information content (AvgIpc) is 2.46. The largest absolute Gasteiger partial charge is 0.0654 e. The standard InChI is InChI=1S/C19H36/c1-3-5-8-16-11-13-18(14-12-16)19-10-6-9-17(15-19)7-4-2/h16-19H,3-15H2,1-2H3/t16?,17-,18?,19-/m1/s1. The minimum Gasteiger partial charge on any atom is -0.0654 e. The van der Waals surface area contributed by atoms with E-state index in [2.05, 4.69) is 13.8 Å². The molecule has 0 aromatic rings. The molecule has 0 heterocycles. The maximum Gasteiger partial charge on any atom is -0.0383 e. The predicted molar refractivity (Wildman–Crippen MR) is 85.3 cm³/mol. The first kappa shape index (κ1) is 15.4. The SMILES string of the molecule is CCCCC1CCC([C@@H]2CCC[C@@H](CCC)C2)CC1. The minimum absolute atomic E-state index is 1.08. The monoisotopic (exact) mass is 264 g/mol. The highest BCUT2D eigenvalue weighted by atomic mass is 14.4. The van der Waals surface area contributed by atoms with Crippen molar-refractivity contribution in [2.24, 2.45) is 23.7 Å². The Balaban J connectivity index is 1.71. The molecular formula is C19H36. The second-order valence-corrected chi connectivity index (χ2v) is 7.50. The fourth-order valence-corrected chi connectivity index (χ4v) is 4.87. The molecular weight excluding hydrogens is 228 g/mol. The lowest BCUT2D eigenvalue weighted by atomic mass is 9.67. The Bertz CT molecular complexity index is 222. The zero-order valence-corrected chi connectivity index (χ0v) is 13.5. The van der Waals surface area contributed by atoms with Gasteiger partial charge in [-0.1, -0.05) is 78.1 Å². The molecule has 2 aliphatic carbocycles. The smallest absolute Gasteiger partial charge is 0.0383 e. The van der Waals surface area contributed by atoms with Crippen LogP contribution in [0.5, 0.6) is 0 Å². The van der Waals surface area contributed by atoms with Crippen LogP contribution in [-0.2, 0) is 0 Å². The van der Waals surface area contributed by atoms with Crippen LogP contribution in [0, 0.1) is 23.7 Å². The summed E-state index contributed by atoms with van der Waals surface area (Å²) in [4.78, 5) is 0. The average molecular weight is 264 g/mol. The van der Waals surface area contributed by atoms with Crippen LogP contribution in [0.3, 0.4) is 0 Å². The highest BCUT2D eigenvalue weighted by Crippen LogP contribution is 2.43. The van der Waals surface area contributed by atoms with E-state index in [-0.39, 0.29) is 0 Å². The van der Waals surface area contributed by atoms with Gasteiger partial charge in [0, 0.05) is 0 Å². The number of rotatable bonds is 6. The van der Waals surface area contributed by atoms with Crippen molar-refractivity contribution >= 4 is 0 Å². The van der Waals surface area contributed by atoms with Crippen LogP contribution in [0.4, 0.5) is 0 Å². The Morgan fingerprint density at radius 2 is 1.47 bits per heavy atom. The zero-order valence-electron chi connectivity index (χ0n) is 13.5. The van der Waals surface area contributed by atoms with Crippen LogP contribution in [0.25, 0.3) is 0 Å². The Kier molecular flexibility index (Phi) is 6.74. The summed E-state index contributed by atoms with van der Waals surface area (Å²) in [5.74, 6) is 4.39. The van der Waals surface area contributed by atoms with Gasteiger partial charge in [0.1, 0.15) is 0 Å². The first-order valence-electron chi connectivity index (χ1n) is 9.33. The third kappa shape index (κ3) is 4.80. The van der Waals surface area contributed by atoms with E-state index in [9.17, 15) is 0 Å². The highest BCUT2D eigenvalue weighted by Gasteiger charge is 2.30. The van der Waals surface area contributed by atoms with Gasteiger partial charge in [-0.15, -0.1) is 0 Å². The Morgan fingerprint density at radius 1 is 0.684 bits per heavy atom. The first-order chi connectivity index (χ1) is 9.33. The molecule has 19 heavy (non-hydrogen) atoms. The molecule has 2 saturated carbocycles. The van der Waals surface area contributed by atoms with Gasteiger partial charge in [-0.3, -0.25) is 0 Å². The first-order valence-corrected chi connectivity index (χ1v) is 9.33. The zero-order chi connectivity index (χ0) is 13.5. The van der Waals surface area contributed by atoms with Gasteiger partial charge >= 0.3 is 0 Å². The molecule has 0 aromatic carbocycles. The van der Waals surface area contributed by atoms with Gasteiger partial charge in [-0.2, -0.15) is 0 Å². The normalized spacial score (nSPS) is 36.3. The third-order valence-electron chi connectivity index (χ3n) is 6.04. The van der Waals surface area contributed by atoms with Crippen LogP contribution in [0.15, 0.2) is 0 Å². The van der Waals surface area contributed by atoms with Crippen molar-refractivity contribution in [3.63, 3.8) is 0 Å². The highest BCUT2D eigenvalue weighted by molar-refractivity contribution is 4.82. The maximum absolute atomic E-state index is 2.36. The molecule has 0 unspecified atom stereocenters. The van der Waals surface area contributed by atoms with Gasteiger partial charge in [-0.25, -0.2) is 0 Å². The number of hydrogen-bond acceptors (Lipinski definition) is 0. The molecule has 2 aliphatic rings. The topological polar surface area (TPSA) is 0 Å². The second kappa shape index (κ2) is 8.32. The van der Waals surface area contributed by atoms with E-state index in [1.807, 2.05) is 0 Å². The molecule has 2 rings (SSSR count). The van der Waals surface area contributed by atoms with Crippen molar-refractivity contribution < 1.29 is 0 Å². The molecule has 0 aromatic heterocycles. The van der Waals surface area contributed by atoms with Crippen molar-refractivity contribution in [2.75, 3.05) is 0 Å². The van der Waals surface area contributed by atoms with Crippen LogP contribution >= 0.6 is 0 Å². The van der Waals surface area contributed by atoms with E-state index >= 15 is 0 Å². The lowest BCUT2D eigenvalue weighted by Crippen LogP contribution is -2.26. The van der Waals surface area contributed by atoms with Gasteiger partial charge in [-0.05, 0) is 42.9 Å². The van der Waals surface area contributed by atoms with Crippen LogP contribution in [-0.4, -0.2) is 0 Å². The third-order valence-corrected chi connectivity index (χ3v) is 6.04. The summed E-state index contributed by atoms with van der Waals surface area (Å²) in [6, 6.07) is 0. The minimum atomic E-state index is 1.08. The Hall–Kier alpha value is 0. The van der Waals surface area contributed by atoms with Gasteiger partial charge in [0.05, 0.1) is 0 Å². The molecule has 0 nitrogen and oxygen atoms in total. The van der Waals surface area contributed by atoms with E-state index in [1.54, 1.807) is 38.5 Å². The lowest BCUT2D eigenvalue weighted by Gasteiger charge is -2.38. The van der Waals surface area contributed by atoms with Crippen molar-refractivity contribution in [1.29, 1.82) is 0 Å². The lowest BCUT2D eigenvalue weighted by molar-refractivity contribution is 0.133. The fraction of sp³-hybridized carbons (Fsp3) is 1.00. The molecule has 0 spiro atoms. The van der Waals surface area contributed by atoms with E-state index in [0.717, 1.165) is 23.7 Å². The Morgan fingerprint density at radius 3 is 2.16 bits per heavy atom. The molecule has 0 bridgehead atoms. The van der Waals surface area contributed by atoms with Gasteiger partial charge in [0.2, 0.25) is 0 Å². The Labute approximate surface area is 121 Å². The van der Waals surface area contributed by atoms with Crippen LogP contribution in [0.2, 0.25) is 0 Å². The van der Waals surface area contributed by atoms with E-state index in [4.69, 9.17) is 0 Å². The molecule has 0 saturated heterocycles. The predicted octanol–water partition coefficient (Wildman–Crippen LogP) is 6.59. The van der Waals surface area contributed by atoms with Gasteiger partial charge in [0.25, 0.3) is 0 Å². The summed E-state index contributed by atoms with van der Waals surface area (Å²) in [5, 5.41) is 0. The van der Waals surface area contributed by atoms with Crippen LogP contribution in [0.1, 0.15) is 97.3 Å². The van der Waals surface area contributed by atoms with E-state index in [0.29, 0.717) is 0 Å². The summed E-state index contributed by atoms with van der Waals surface area (Å²) >= 11 is 0. The molecule has 112 valence electrons. The summed E-state index contributed by atoms with van der Waals surface area (Å²) < 4.78 is 0. The second-order valence-electron chi connectivity index (χ2n) is 7.50. The van der Waals surface area contributed by atoms with Crippen LogP contribution < -0.4 is 0 Å². The van der Waals surface area contributed by atoms with E-state index < -0.39 is 0 Å². The van der Waals surface area contributed by atoms with E-state index in [1.165, 1.54) is 44.9 Å². The molecule has 0 radical (unpaired) electrons. The summed E-state index contributed by atoms with van der Waals surface area (Å²) in [6.45, 7) is 4.70. The molecule has 0 heteroatoms. The number of unbranched alkanes of at least 4 members (excludes halogenated alkanes) is 1.